The van der Waals surface area contributed by atoms with Crippen molar-refractivity contribution in [3.63, 3.8) is 0 Å². The molecule has 5 aromatic rings. The van der Waals surface area contributed by atoms with Crippen molar-refractivity contribution in [2.24, 2.45) is 0 Å². The van der Waals surface area contributed by atoms with Crippen molar-refractivity contribution < 1.29 is 22.7 Å². The summed E-state index contributed by atoms with van der Waals surface area (Å²) in [5, 5.41) is 5.01. The van der Waals surface area contributed by atoms with Crippen LogP contribution in [0.1, 0.15) is 19.4 Å². The summed E-state index contributed by atoms with van der Waals surface area (Å²) in [7, 11) is -2.77. The zero-order valence-electron chi connectivity index (χ0n) is 23.5. The molecule has 0 spiro atoms. The lowest BCUT2D eigenvalue weighted by molar-refractivity contribution is -0.114. The summed E-state index contributed by atoms with van der Waals surface area (Å²) in [4.78, 5) is 13.4. The van der Waals surface area contributed by atoms with Gasteiger partial charge in [-0.25, -0.2) is 8.42 Å². The SMILES string of the molecule is CCOc1ccc(N(CC(=O)Nc2ccc3c(c2)c2ccccc2n3CC)S(=O)(=O)c2cc(C)ccc2OC)cc1. The average Bonchev–Trinajstić information content (AvgIpc) is 3.29. The van der Waals surface area contributed by atoms with Crippen LogP contribution in [0.3, 0.4) is 0 Å². The van der Waals surface area contributed by atoms with Crippen LogP contribution in [0.2, 0.25) is 0 Å². The molecule has 1 N–H and O–H groups in total. The highest BCUT2D eigenvalue weighted by molar-refractivity contribution is 7.93. The van der Waals surface area contributed by atoms with Crippen molar-refractivity contribution in [2.45, 2.75) is 32.2 Å². The molecule has 0 aliphatic rings. The fraction of sp³-hybridized carbons (Fsp3) is 0.219. The molecule has 0 fully saturated rings. The molecule has 0 saturated heterocycles. The van der Waals surface area contributed by atoms with E-state index in [1.165, 1.54) is 7.11 Å². The zero-order valence-corrected chi connectivity index (χ0v) is 24.4. The summed E-state index contributed by atoms with van der Waals surface area (Å²) >= 11 is 0. The Bertz CT molecular complexity index is 1830. The maximum atomic E-state index is 14.1. The zero-order chi connectivity index (χ0) is 29.1. The molecule has 5 rings (SSSR count). The van der Waals surface area contributed by atoms with Crippen molar-refractivity contribution in [3.05, 3.63) is 90.5 Å². The number of fused-ring (bicyclic) bond motifs is 3. The molecular weight excluding hydrogens is 538 g/mol. The van der Waals surface area contributed by atoms with Gasteiger partial charge in [-0.05, 0) is 87.0 Å². The summed E-state index contributed by atoms with van der Waals surface area (Å²) < 4.78 is 42.3. The number of nitrogens with one attached hydrogen (secondary N) is 1. The number of benzene rings is 4. The van der Waals surface area contributed by atoms with Crippen LogP contribution in [0.5, 0.6) is 11.5 Å². The molecule has 0 aliphatic heterocycles. The van der Waals surface area contributed by atoms with Crippen LogP contribution in [0.4, 0.5) is 11.4 Å². The Hall–Kier alpha value is -4.50. The Balaban J connectivity index is 1.50. The van der Waals surface area contributed by atoms with Crippen molar-refractivity contribution in [3.8, 4) is 11.5 Å². The number of aromatic nitrogens is 1. The van der Waals surface area contributed by atoms with Crippen LogP contribution in [-0.2, 0) is 21.4 Å². The summed E-state index contributed by atoms with van der Waals surface area (Å²) in [6.45, 7) is 6.62. The van der Waals surface area contributed by atoms with Crippen LogP contribution < -0.4 is 19.1 Å². The van der Waals surface area contributed by atoms with E-state index in [-0.39, 0.29) is 10.6 Å². The number of methoxy groups -OCH3 is 1. The van der Waals surface area contributed by atoms with Gasteiger partial charge in [0.15, 0.2) is 0 Å². The van der Waals surface area contributed by atoms with Gasteiger partial charge in [0.05, 0.1) is 19.4 Å². The molecule has 9 heteroatoms. The highest BCUT2D eigenvalue weighted by Crippen LogP contribution is 2.33. The normalized spacial score (nSPS) is 11.5. The van der Waals surface area contributed by atoms with Gasteiger partial charge in [-0.2, -0.15) is 0 Å². The van der Waals surface area contributed by atoms with Crippen LogP contribution >= 0.6 is 0 Å². The second-order valence-electron chi connectivity index (χ2n) is 9.63. The van der Waals surface area contributed by atoms with Crippen LogP contribution in [0.15, 0.2) is 89.8 Å². The van der Waals surface area contributed by atoms with Crippen molar-refractivity contribution in [1.29, 1.82) is 0 Å². The Kier molecular flexibility index (Phi) is 7.90. The molecule has 0 saturated carbocycles. The lowest BCUT2D eigenvalue weighted by Crippen LogP contribution is -2.38. The summed E-state index contributed by atoms with van der Waals surface area (Å²) in [6, 6.07) is 25.5. The average molecular weight is 572 g/mol. The quantitative estimate of drug-likeness (QED) is 0.211. The van der Waals surface area contributed by atoms with Gasteiger partial charge < -0.3 is 19.4 Å². The van der Waals surface area contributed by atoms with Crippen molar-refractivity contribution >= 4 is 49.1 Å². The number of carbonyl (C=O) groups is 1. The topological polar surface area (TPSA) is 89.9 Å². The molecular formula is C32H33N3O5S. The van der Waals surface area contributed by atoms with Gasteiger partial charge in [-0.15, -0.1) is 0 Å². The third kappa shape index (κ3) is 5.45. The molecule has 212 valence electrons. The number of aryl methyl sites for hydroxylation is 2. The van der Waals surface area contributed by atoms with E-state index < -0.39 is 22.5 Å². The molecule has 0 bridgehead atoms. The van der Waals surface area contributed by atoms with Gasteiger partial charge in [-0.1, -0.05) is 24.3 Å². The van der Waals surface area contributed by atoms with Gasteiger partial charge >= 0.3 is 0 Å². The van der Waals surface area contributed by atoms with Crippen LogP contribution in [-0.4, -0.2) is 39.2 Å². The monoisotopic (exact) mass is 571 g/mol. The number of anilines is 2. The van der Waals surface area contributed by atoms with E-state index in [1.54, 1.807) is 49.4 Å². The first-order valence-electron chi connectivity index (χ1n) is 13.5. The molecule has 1 heterocycles. The summed E-state index contributed by atoms with van der Waals surface area (Å²) in [6.07, 6.45) is 0. The van der Waals surface area contributed by atoms with E-state index in [0.29, 0.717) is 23.7 Å². The summed E-state index contributed by atoms with van der Waals surface area (Å²) in [5.41, 5.74) is 3.84. The lowest BCUT2D eigenvalue weighted by Gasteiger charge is -2.25. The predicted molar refractivity (Wildman–Crippen MR) is 164 cm³/mol. The van der Waals surface area contributed by atoms with E-state index in [4.69, 9.17) is 9.47 Å². The number of sulfonamides is 1. The first-order valence-corrected chi connectivity index (χ1v) is 14.9. The fourth-order valence-corrected chi connectivity index (χ4v) is 6.76. The van der Waals surface area contributed by atoms with Gasteiger partial charge in [0.2, 0.25) is 5.91 Å². The molecule has 1 aromatic heterocycles. The minimum atomic E-state index is -4.19. The second kappa shape index (κ2) is 11.5. The smallest absolute Gasteiger partial charge is 0.268 e. The Morgan fingerprint density at radius 1 is 0.902 bits per heavy atom. The number of carbonyl (C=O) groups excluding carboxylic acids is 1. The third-order valence-electron chi connectivity index (χ3n) is 6.98. The van der Waals surface area contributed by atoms with E-state index in [0.717, 1.165) is 38.2 Å². The van der Waals surface area contributed by atoms with E-state index in [2.05, 4.69) is 28.9 Å². The maximum Gasteiger partial charge on any atom is 0.268 e. The number of ether oxygens (including phenoxy) is 2. The third-order valence-corrected chi connectivity index (χ3v) is 8.78. The standard InChI is InChI=1S/C32H33N3O5S/c1-5-34-28-10-8-7-9-26(28)27-20-23(12-17-29(27)34)33-32(36)21-35(24-13-15-25(16-14-24)40-6-2)41(37,38)31-19-22(3)11-18-30(31)39-4/h7-20H,5-6,21H2,1-4H3,(H,33,36). The van der Waals surface area contributed by atoms with Gasteiger partial charge in [0, 0.05) is 34.0 Å². The number of rotatable bonds is 10. The summed E-state index contributed by atoms with van der Waals surface area (Å²) in [5.74, 6) is 0.322. The van der Waals surface area contributed by atoms with Gasteiger partial charge in [0.25, 0.3) is 10.0 Å². The van der Waals surface area contributed by atoms with E-state index in [9.17, 15) is 13.2 Å². The van der Waals surface area contributed by atoms with Crippen LogP contribution in [0.25, 0.3) is 21.8 Å². The number of para-hydroxylation sites is 1. The van der Waals surface area contributed by atoms with Crippen LogP contribution in [0, 0.1) is 6.92 Å². The number of nitrogens with zero attached hydrogens (tertiary/aromatic N) is 2. The lowest BCUT2D eigenvalue weighted by atomic mass is 10.1. The Morgan fingerprint density at radius 2 is 1.63 bits per heavy atom. The molecule has 0 aliphatic carbocycles. The molecule has 0 unspecified atom stereocenters. The van der Waals surface area contributed by atoms with E-state index in [1.807, 2.05) is 37.3 Å². The molecule has 0 radical (unpaired) electrons. The number of hydrogen-bond acceptors (Lipinski definition) is 5. The molecule has 0 atom stereocenters. The number of amides is 1. The van der Waals surface area contributed by atoms with Crippen molar-refractivity contribution in [1.82, 2.24) is 4.57 Å². The first kappa shape index (κ1) is 28.0. The maximum absolute atomic E-state index is 14.1. The Labute approximate surface area is 240 Å². The Morgan fingerprint density at radius 3 is 2.34 bits per heavy atom. The molecule has 1 amide bonds. The fourth-order valence-electron chi connectivity index (χ4n) is 5.10. The van der Waals surface area contributed by atoms with E-state index >= 15 is 0 Å². The number of hydrogen-bond donors (Lipinski definition) is 1. The van der Waals surface area contributed by atoms with Gasteiger partial charge in [-0.3, -0.25) is 9.10 Å². The predicted octanol–water partition coefficient (Wildman–Crippen LogP) is 6.36. The highest BCUT2D eigenvalue weighted by atomic mass is 32.2. The molecule has 4 aromatic carbocycles. The minimum absolute atomic E-state index is 0.0181. The van der Waals surface area contributed by atoms with Gasteiger partial charge in [0.1, 0.15) is 22.9 Å². The molecule has 41 heavy (non-hydrogen) atoms. The highest BCUT2D eigenvalue weighted by Gasteiger charge is 2.30. The second-order valence-corrected chi connectivity index (χ2v) is 11.5. The van der Waals surface area contributed by atoms with Crippen molar-refractivity contribution in [2.75, 3.05) is 29.9 Å². The molecule has 8 nitrogen and oxygen atoms in total. The first-order chi connectivity index (χ1) is 19.8. The largest absolute Gasteiger partial charge is 0.495 e. The minimum Gasteiger partial charge on any atom is -0.495 e.